The van der Waals surface area contributed by atoms with Gasteiger partial charge in [0.15, 0.2) is 0 Å². The molecule has 1 aliphatic heterocycles. The zero-order valence-electron chi connectivity index (χ0n) is 8.77. The maximum absolute atomic E-state index is 11.7. The highest BCUT2D eigenvalue weighted by Crippen LogP contribution is 2.29. The summed E-state index contributed by atoms with van der Waals surface area (Å²) in [5, 5.41) is 4.86. The number of amidine groups is 1. The van der Waals surface area contributed by atoms with E-state index in [0.29, 0.717) is 11.6 Å². The average Bonchev–Trinajstić information content (AvgIpc) is 2.76. The fourth-order valence-electron chi connectivity index (χ4n) is 1.87. The average molecular weight is 232 g/mol. The summed E-state index contributed by atoms with van der Waals surface area (Å²) < 4.78 is 0. The predicted octanol–water partition coefficient (Wildman–Crippen LogP) is 2.42. The van der Waals surface area contributed by atoms with Crippen LogP contribution in [0.2, 0.25) is 0 Å². The van der Waals surface area contributed by atoms with Gasteiger partial charge in [-0.15, -0.1) is 11.3 Å². The smallest absolute Gasteiger partial charge is 0.275 e. The Morgan fingerprint density at radius 2 is 2.38 bits per heavy atom. The first kappa shape index (κ1) is 9.78. The second-order valence-electron chi connectivity index (χ2n) is 4.12. The number of hydrogen-bond donors (Lipinski definition) is 1. The molecule has 0 atom stereocenters. The highest BCUT2D eigenvalue weighted by Gasteiger charge is 2.30. The van der Waals surface area contributed by atoms with E-state index in [0.717, 1.165) is 23.6 Å². The van der Waals surface area contributed by atoms with E-state index in [-0.39, 0.29) is 5.91 Å². The molecule has 82 valence electrons. The molecule has 0 saturated heterocycles. The lowest BCUT2D eigenvalue weighted by Gasteiger charge is -2.24. The summed E-state index contributed by atoms with van der Waals surface area (Å²) in [6, 6.07) is 3.96. The lowest BCUT2D eigenvalue weighted by Crippen LogP contribution is -2.33. The van der Waals surface area contributed by atoms with Gasteiger partial charge in [0.25, 0.3) is 5.91 Å². The highest BCUT2D eigenvalue weighted by atomic mass is 32.1. The lowest BCUT2D eigenvalue weighted by atomic mass is 9.84. The van der Waals surface area contributed by atoms with Crippen LogP contribution in [-0.4, -0.2) is 11.7 Å². The number of nitrogens with zero attached hydrogens (tertiary/aromatic N) is 1. The molecule has 0 aromatic carbocycles. The van der Waals surface area contributed by atoms with Crippen LogP contribution in [0.5, 0.6) is 0 Å². The Bertz CT molecular complexity index is 469. The maximum Gasteiger partial charge on any atom is 0.275 e. The van der Waals surface area contributed by atoms with Crippen LogP contribution in [0.25, 0.3) is 6.08 Å². The van der Waals surface area contributed by atoms with E-state index < -0.39 is 0 Å². The third-order valence-electron chi connectivity index (χ3n) is 3.03. The molecule has 1 saturated carbocycles. The molecule has 0 unspecified atom stereocenters. The molecule has 1 aromatic rings. The van der Waals surface area contributed by atoms with Crippen LogP contribution < -0.4 is 5.32 Å². The molecule has 3 nitrogen and oxygen atoms in total. The number of amides is 1. The summed E-state index contributed by atoms with van der Waals surface area (Å²) in [7, 11) is 0. The van der Waals surface area contributed by atoms with Crippen molar-refractivity contribution in [3.63, 3.8) is 0 Å². The molecular formula is C12H12N2OS. The molecule has 1 N–H and O–H groups in total. The minimum atomic E-state index is -0.0599. The number of hydrogen-bond acceptors (Lipinski definition) is 3. The topological polar surface area (TPSA) is 41.5 Å². The van der Waals surface area contributed by atoms with Gasteiger partial charge in [0.1, 0.15) is 11.5 Å². The molecule has 0 spiro atoms. The van der Waals surface area contributed by atoms with Crippen LogP contribution in [0.4, 0.5) is 0 Å². The Kier molecular flexibility index (Phi) is 2.36. The molecule has 1 aromatic heterocycles. The van der Waals surface area contributed by atoms with E-state index in [1.165, 1.54) is 6.42 Å². The molecule has 3 rings (SSSR count). The normalized spacial score (nSPS) is 23.1. The van der Waals surface area contributed by atoms with Gasteiger partial charge in [0.05, 0.1) is 0 Å². The summed E-state index contributed by atoms with van der Waals surface area (Å²) in [5.41, 5.74) is 0.546. The summed E-state index contributed by atoms with van der Waals surface area (Å²) in [4.78, 5) is 17.1. The van der Waals surface area contributed by atoms with E-state index in [9.17, 15) is 4.79 Å². The molecule has 0 bridgehead atoms. The largest absolute Gasteiger partial charge is 0.308 e. The Hall–Kier alpha value is -1.42. The predicted molar refractivity (Wildman–Crippen MR) is 65.2 cm³/mol. The quantitative estimate of drug-likeness (QED) is 0.782. The van der Waals surface area contributed by atoms with Crippen molar-refractivity contribution in [2.45, 2.75) is 19.3 Å². The molecule has 1 fully saturated rings. The molecule has 16 heavy (non-hydrogen) atoms. The summed E-state index contributed by atoms with van der Waals surface area (Å²) in [6.45, 7) is 0. The number of nitrogens with one attached hydrogen (secondary N) is 1. The van der Waals surface area contributed by atoms with Gasteiger partial charge < -0.3 is 5.32 Å². The van der Waals surface area contributed by atoms with Gasteiger partial charge in [-0.1, -0.05) is 12.5 Å². The second kappa shape index (κ2) is 3.87. The van der Waals surface area contributed by atoms with Crippen LogP contribution in [0.1, 0.15) is 24.1 Å². The van der Waals surface area contributed by atoms with E-state index in [1.807, 2.05) is 23.6 Å². The fraction of sp³-hybridized carbons (Fsp3) is 0.333. The first-order valence-corrected chi connectivity index (χ1v) is 6.36. The van der Waals surface area contributed by atoms with Crippen LogP contribution in [0, 0.1) is 5.92 Å². The Balaban J connectivity index is 1.85. The molecule has 1 aliphatic carbocycles. The van der Waals surface area contributed by atoms with Crippen LogP contribution in [0.15, 0.2) is 28.2 Å². The van der Waals surface area contributed by atoms with E-state index >= 15 is 0 Å². The third kappa shape index (κ3) is 1.69. The lowest BCUT2D eigenvalue weighted by molar-refractivity contribution is -0.115. The Morgan fingerprint density at radius 3 is 3.00 bits per heavy atom. The maximum atomic E-state index is 11.7. The van der Waals surface area contributed by atoms with Crippen molar-refractivity contribution >= 4 is 29.2 Å². The third-order valence-corrected chi connectivity index (χ3v) is 3.85. The van der Waals surface area contributed by atoms with Crippen molar-refractivity contribution < 1.29 is 4.79 Å². The van der Waals surface area contributed by atoms with Crippen LogP contribution in [-0.2, 0) is 4.79 Å². The van der Waals surface area contributed by atoms with Gasteiger partial charge in [-0.05, 0) is 30.4 Å². The van der Waals surface area contributed by atoms with Crippen molar-refractivity contribution in [3.8, 4) is 0 Å². The molecule has 2 aliphatic rings. The Morgan fingerprint density at radius 1 is 1.50 bits per heavy atom. The summed E-state index contributed by atoms with van der Waals surface area (Å²) >= 11 is 1.62. The number of carbonyl (C=O) groups is 1. The van der Waals surface area contributed by atoms with Gasteiger partial charge in [-0.25, -0.2) is 4.99 Å². The fourth-order valence-corrected chi connectivity index (χ4v) is 2.52. The Labute approximate surface area is 97.9 Å². The number of aliphatic imine (C=N–C) groups is 1. The van der Waals surface area contributed by atoms with Gasteiger partial charge in [0.2, 0.25) is 0 Å². The van der Waals surface area contributed by atoms with Gasteiger partial charge in [-0.2, -0.15) is 0 Å². The monoisotopic (exact) mass is 232 g/mol. The van der Waals surface area contributed by atoms with Crippen molar-refractivity contribution in [2.24, 2.45) is 10.9 Å². The van der Waals surface area contributed by atoms with Gasteiger partial charge in [-0.3, -0.25) is 4.79 Å². The number of rotatable bonds is 2. The minimum Gasteiger partial charge on any atom is -0.308 e. The van der Waals surface area contributed by atoms with Crippen molar-refractivity contribution in [1.82, 2.24) is 5.32 Å². The molecular weight excluding hydrogens is 220 g/mol. The van der Waals surface area contributed by atoms with Crippen molar-refractivity contribution in [1.29, 1.82) is 0 Å². The SMILES string of the molecule is O=C1NC(C2CCC2)=N/C1=C/c1cccs1. The molecule has 0 radical (unpaired) electrons. The zero-order valence-corrected chi connectivity index (χ0v) is 9.59. The molecule has 2 heterocycles. The zero-order chi connectivity index (χ0) is 11.0. The standard InChI is InChI=1S/C12H12N2OS/c15-12-10(7-9-5-2-6-16-9)13-11(14-12)8-3-1-4-8/h2,5-8H,1,3-4H2,(H,13,14,15)/b10-7+. The molecule has 1 amide bonds. The number of thiophene rings is 1. The summed E-state index contributed by atoms with van der Waals surface area (Å²) in [5.74, 6) is 1.30. The van der Waals surface area contributed by atoms with Crippen molar-refractivity contribution in [3.05, 3.63) is 28.1 Å². The van der Waals surface area contributed by atoms with Crippen LogP contribution in [0.3, 0.4) is 0 Å². The van der Waals surface area contributed by atoms with Crippen molar-refractivity contribution in [2.75, 3.05) is 0 Å². The number of carbonyl (C=O) groups excluding carboxylic acids is 1. The van der Waals surface area contributed by atoms with Gasteiger partial charge in [0, 0.05) is 10.8 Å². The van der Waals surface area contributed by atoms with Crippen LogP contribution >= 0.6 is 11.3 Å². The molecule has 4 heteroatoms. The highest BCUT2D eigenvalue weighted by molar-refractivity contribution is 7.10. The first-order chi connectivity index (χ1) is 7.83. The minimum absolute atomic E-state index is 0.0599. The summed E-state index contributed by atoms with van der Waals surface area (Å²) in [6.07, 6.45) is 5.42. The van der Waals surface area contributed by atoms with E-state index in [4.69, 9.17) is 0 Å². The van der Waals surface area contributed by atoms with E-state index in [2.05, 4.69) is 10.3 Å². The first-order valence-electron chi connectivity index (χ1n) is 5.48. The van der Waals surface area contributed by atoms with Gasteiger partial charge >= 0.3 is 0 Å². The second-order valence-corrected chi connectivity index (χ2v) is 5.10. The van der Waals surface area contributed by atoms with E-state index in [1.54, 1.807) is 11.3 Å².